The lowest BCUT2D eigenvalue weighted by molar-refractivity contribution is -0.131. The number of aromatic nitrogens is 2. The molecule has 1 unspecified atom stereocenters. The summed E-state index contributed by atoms with van der Waals surface area (Å²) >= 11 is 0. The SMILES string of the molecule is Cl.O=C(Cc1cnn(-c2ccccc2)c1)N(CC1CCCN1)C1CC1. The summed E-state index contributed by atoms with van der Waals surface area (Å²) < 4.78 is 1.84. The van der Waals surface area contributed by atoms with Crippen LogP contribution < -0.4 is 5.32 Å². The third kappa shape index (κ3) is 4.41. The molecule has 2 heterocycles. The number of benzene rings is 1. The summed E-state index contributed by atoms with van der Waals surface area (Å²) in [6, 6.07) is 10.9. The van der Waals surface area contributed by atoms with Gasteiger partial charge in [-0.2, -0.15) is 5.10 Å². The molecule has 6 heteroatoms. The molecule has 1 N–H and O–H groups in total. The van der Waals surface area contributed by atoms with Gasteiger partial charge < -0.3 is 10.2 Å². The van der Waals surface area contributed by atoms with Gasteiger partial charge in [-0.25, -0.2) is 4.68 Å². The largest absolute Gasteiger partial charge is 0.338 e. The lowest BCUT2D eigenvalue weighted by Crippen LogP contribution is -2.43. The summed E-state index contributed by atoms with van der Waals surface area (Å²) in [4.78, 5) is 14.9. The fraction of sp³-hybridized carbons (Fsp3) is 0.474. The maximum Gasteiger partial charge on any atom is 0.227 e. The van der Waals surface area contributed by atoms with E-state index in [-0.39, 0.29) is 18.3 Å². The number of nitrogens with one attached hydrogen (secondary N) is 1. The molecule has 2 aliphatic rings. The van der Waals surface area contributed by atoms with E-state index in [1.807, 2.05) is 47.4 Å². The molecular formula is C19H25ClN4O. The zero-order valence-electron chi connectivity index (χ0n) is 14.3. The number of carbonyl (C=O) groups is 1. The second-order valence-electron chi connectivity index (χ2n) is 6.88. The zero-order valence-corrected chi connectivity index (χ0v) is 15.1. The van der Waals surface area contributed by atoms with Gasteiger partial charge in [0.15, 0.2) is 0 Å². The van der Waals surface area contributed by atoms with Gasteiger partial charge in [0, 0.05) is 24.8 Å². The third-order valence-corrected chi connectivity index (χ3v) is 4.90. The first kappa shape index (κ1) is 18.0. The summed E-state index contributed by atoms with van der Waals surface area (Å²) in [6.07, 6.45) is 8.93. The minimum Gasteiger partial charge on any atom is -0.338 e. The Morgan fingerprint density at radius 3 is 2.72 bits per heavy atom. The molecule has 134 valence electrons. The second kappa shape index (κ2) is 8.02. The first-order chi connectivity index (χ1) is 11.8. The molecule has 1 atom stereocenters. The van der Waals surface area contributed by atoms with Crippen molar-refractivity contribution in [1.29, 1.82) is 0 Å². The lowest BCUT2D eigenvalue weighted by atomic mass is 10.2. The normalized spacial score (nSPS) is 19.4. The van der Waals surface area contributed by atoms with E-state index in [0.29, 0.717) is 18.5 Å². The molecule has 1 aliphatic heterocycles. The lowest BCUT2D eigenvalue weighted by Gasteiger charge is -2.25. The Kier molecular flexibility index (Phi) is 5.76. The minimum atomic E-state index is 0. The summed E-state index contributed by atoms with van der Waals surface area (Å²) in [6.45, 7) is 1.94. The smallest absolute Gasteiger partial charge is 0.227 e. The molecule has 0 bridgehead atoms. The van der Waals surface area contributed by atoms with Crippen molar-refractivity contribution in [2.75, 3.05) is 13.1 Å². The van der Waals surface area contributed by atoms with Crippen LogP contribution in [0.25, 0.3) is 5.69 Å². The molecule has 2 fully saturated rings. The molecule has 1 amide bonds. The van der Waals surface area contributed by atoms with Crippen LogP contribution in [0.5, 0.6) is 0 Å². The van der Waals surface area contributed by atoms with Crippen LogP contribution in [0.1, 0.15) is 31.2 Å². The Balaban J connectivity index is 0.00000182. The molecule has 0 spiro atoms. The van der Waals surface area contributed by atoms with E-state index in [2.05, 4.69) is 15.3 Å². The van der Waals surface area contributed by atoms with Crippen molar-refractivity contribution in [3.05, 3.63) is 48.3 Å². The van der Waals surface area contributed by atoms with Crippen molar-refractivity contribution in [3.8, 4) is 5.69 Å². The van der Waals surface area contributed by atoms with Gasteiger partial charge in [-0.15, -0.1) is 12.4 Å². The number of rotatable bonds is 6. The molecule has 1 saturated carbocycles. The van der Waals surface area contributed by atoms with Crippen molar-refractivity contribution in [3.63, 3.8) is 0 Å². The van der Waals surface area contributed by atoms with E-state index in [1.54, 1.807) is 0 Å². The topological polar surface area (TPSA) is 50.2 Å². The standard InChI is InChI=1S/C19H24N4O.ClH/c24-19(22(17-8-9-17)14-16-5-4-10-20-16)11-15-12-21-23(13-15)18-6-2-1-3-7-18;/h1-3,6-7,12-13,16-17,20H,4-5,8-11,14H2;1H. The van der Waals surface area contributed by atoms with Crippen LogP contribution in [0.15, 0.2) is 42.7 Å². The maximum atomic E-state index is 12.8. The summed E-state index contributed by atoms with van der Waals surface area (Å²) in [5.74, 6) is 0.235. The van der Waals surface area contributed by atoms with Crippen molar-refractivity contribution >= 4 is 18.3 Å². The van der Waals surface area contributed by atoms with Crippen LogP contribution in [0, 0.1) is 0 Å². The van der Waals surface area contributed by atoms with E-state index in [9.17, 15) is 4.79 Å². The van der Waals surface area contributed by atoms with E-state index in [4.69, 9.17) is 0 Å². The van der Waals surface area contributed by atoms with Crippen molar-refractivity contribution in [2.45, 2.75) is 44.2 Å². The Morgan fingerprint density at radius 1 is 1.24 bits per heavy atom. The molecular weight excluding hydrogens is 336 g/mol. The predicted molar refractivity (Wildman–Crippen MR) is 100 cm³/mol. The van der Waals surface area contributed by atoms with Crippen LogP contribution in [0.2, 0.25) is 0 Å². The third-order valence-electron chi connectivity index (χ3n) is 4.90. The highest BCUT2D eigenvalue weighted by Gasteiger charge is 2.34. The van der Waals surface area contributed by atoms with Crippen LogP contribution >= 0.6 is 12.4 Å². The summed E-state index contributed by atoms with van der Waals surface area (Å²) in [5, 5.41) is 7.90. The van der Waals surface area contributed by atoms with Crippen LogP contribution in [-0.4, -0.2) is 45.8 Å². The highest BCUT2D eigenvalue weighted by Crippen LogP contribution is 2.28. The first-order valence-electron chi connectivity index (χ1n) is 8.91. The number of hydrogen-bond acceptors (Lipinski definition) is 3. The van der Waals surface area contributed by atoms with E-state index >= 15 is 0 Å². The quantitative estimate of drug-likeness (QED) is 0.861. The second-order valence-corrected chi connectivity index (χ2v) is 6.88. The Labute approximate surface area is 154 Å². The predicted octanol–water partition coefficient (Wildman–Crippen LogP) is 2.58. The van der Waals surface area contributed by atoms with Gasteiger partial charge in [0.05, 0.1) is 18.3 Å². The number of amides is 1. The fourth-order valence-corrected chi connectivity index (χ4v) is 3.44. The number of carbonyl (C=O) groups excluding carboxylic acids is 1. The Morgan fingerprint density at radius 2 is 2.04 bits per heavy atom. The number of hydrogen-bond donors (Lipinski definition) is 1. The molecule has 1 saturated heterocycles. The van der Waals surface area contributed by atoms with Gasteiger partial charge in [0.25, 0.3) is 0 Å². The molecule has 2 aromatic rings. The first-order valence-corrected chi connectivity index (χ1v) is 8.91. The van der Waals surface area contributed by atoms with Crippen molar-refractivity contribution < 1.29 is 4.79 Å². The Hall–Kier alpha value is -1.85. The fourth-order valence-electron chi connectivity index (χ4n) is 3.44. The monoisotopic (exact) mass is 360 g/mol. The average molecular weight is 361 g/mol. The molecule has 5 nitrogen and oxygen atoms in total. The highest BCUT2D eigenvalue weighted by atomic mass is 35.5. The number of nitrogens with zero attached hydrogens (tertiary/aromatic N) is 3. The van der Waals surface area contributed by atoms with E-state index in [0.717, 1.165) is 37.2 Å². The van der Waals surface area contributed by atoms with Gasteiger partial charge in [-0.3, -0.25) is 4.79 Å². The van der Waals surface area contributed by atoms with Crippen molar-refractivity contribution in [1.82, 2.24) is 20.0 Å². The van der Waals surface area contributed by atoms with E-state index in [1.165, 1.54) is 12.8 Å². The number of para-hydroxylation sites is 1. The van der Waals surface area contributed by atoms with Gasteiger partial charge >= 0.3 is 0 Å². The van der Waals surface area contributed by atoms with Gasteiger partial charge in [0.1, 0.15) is 0 Å². The summed E-state index contributed by atoms with van der Waals surface area (Å²) in [7, 11) is 0. The molecule has 1 aromatic carbocycles. The molecule has 0 radical (unpaired) electrons. The van der Waals surface area contributed by atoms with Gasteiger partial charge in [-0.1, -0.05) is 18.2 Å². The molecule has 1 aromatic heterocycles. The van der Waals surface area contributed by atoms with E-state index < -0.39 is 0 Å². The van der Waals surface area contributed by atoms with Crippen molar-refractivity contribution in [2.24, 2.45) is 0 Å². The molecule has 25 heavy (non-hydrogen) atoms. The Bertz CT molecular complexity index is 692. The van der Waals surface area contributed by atoms with Crippen LogP contribution in [0.3, 0.4) is 0 Å². The summed E-state index contributed by atoms with van der Waals surface area (Å²) in [5.41, 5.74) is 2.00. The van der Waals surface area contributed by atoms with Gasteiger partial charge in [0.2, 0.25) is 5.91 Å². The van der Waals surface area contributed by atoms with Crippen LogP contribution in [-0.2, 0) is 11.2 Å². The molecule has 4 rings (SSSR count). The number of halogens is 1. The maximum absolute atomic E-state index is 12.8. The zero-order chi connectivity index (χ0) is 16.4. The van der Waals surface area contributed by atoms with Gasteiger partial charge in [-0.05, 0) is 49.9 Å². The average Bonchev–Trinajstić information content (AvgIpc) is 3.11. The molecule has 1 aliphatic carbocycles. The van der Waals surface area contributed by atoms with Crippen LogP contribution in [0.4, 0.5) is 0 Å². The highest BCUT2D eigenvalue weighted by molar-refractivity contribution is 5.85. The minimum absolute atomic E-state index is 0.